The Balaban J connectivity index is 3.16. The van der Waals surface area contributed by atoms with Crippen LogP contribution in [0.15, 0.2) is 36.9 Å². The number of esters is 1. The standard InChI is InChI=1S/C14H15F3O3/c1-3-9-13(19,12(18)20-4-2)10-5-7-11(8-6-10)14(15,16)17/h3,5-8,19H,1,4,9H2,2H3. The van der Waals surface area contributed by atoms with E-state index >= 15 is 0 Å². The first kappa shape index (κ1) is 16.2. The van der Waals surface area contributed by atoms with Crippen molar-refractivity contribution in [1.29, 1.82) is 0 Å². The van der Waals surface area contributed by atoms with Gasteiger partial charge in [0.1, 0.15) is 0 Å². The second-order valence-electron chi connectivity index (χ2n) is 4.15. The van der Waals surface area contributed by atoms with Gasteiger partial charge in [-0.25, -0.2) is 4.79 Å². The van der Waals surface area contributed by atoms with Gasteiger partial charge in [-0.1, -0.05) is 18.2 Å². The van der Waals surface area contributed by atoms with Crippen molar-refractivity contribution in [1.82, 2.24) is 0 Å². The summed E-state index contributed by atoms with van der Waals surface area (Å²) in [6.45, 7) is 5.05. The summed E-state index contributed by atoms with van der Waals surface area (Å²) in [6.07, 6.45) is -3.33. The molecule has 0 spiro atoms. The fourth-order valence-electron chi connectivity index (χ4n) is 1.71. The van der Waals surface area contributed by atoms with Crippen molar-refractivity contribution >= 4 is 5.97 Å². The van der Waals surface area contributed by atoms with Gasteiger partial charge in [-0.05, 0) is 24.6 Å². The molecule has 1 rings (SSSR count). The van der Waals surface area contributed by atoms with Crippen LogP contribution in [0.25, 0.3) is 0 Å². The van der Waals surface area contributed by atoms with Crippen LogP contribution in [0.3, 0.4) is 0 Å². The van der Waals surface area contributed by atoms with Crippen LogP contribution in [0.2, 0.25) is 0 Å². The van der Waals surface area contributed by atoms with Crippen LogP contribution in [0.4, 0.5) is 13.2 Å². The molecule has 0 amide bonds. The number of benzene rings is 1. The van der Waals surface area contributed by atoms with Gasteiger partial charge in [0.2, 0.25) is 0 Å². The summed E-state index contributed by atoms with van der Waals surface area (Å²) in [5.74, 6) is -0.917. The van der Waals surface area contributed by atoms with Crippen LogP contribution < -0.4 is 0 Å². The zero-order valence-electron chi connectivity index (χ0n) is 10.9. The van der Waals surface area contributed by atoms with Crippen LogP contribution in [0, 0.1) is 0 Å². The summed E-state index contributed by atoms with van der Waals surface area (Å²) in [4.78, 5) is 11.8. The molecule has 0 bridgehead atoms. The molecule has 0 heterocycles. The zero-order chi connectivity index (χ0) is 15.4. The number of alkyl halides is 3. The minimum absolute atomic E-state index is 0.0313. The molecule has 1 unspecified atom stereocenters. The summed E-state index contributed by atoms with van der Waals surface area (Å²) in [5.41, 5.74) is -2.85. The van der Waals surface area contributed by atoms with Gasteiger partial charge in [0.25, 0.3) is 0 Å². The first-order chi connectivity index (χ1) is 9.25. The van der Waals surface area contributed by atoms with E-state index in [9.17, 15) is 23.1 Å². The number of halogens is 3. The largest absolute Gasteiger partial charge is 0.464 e. The second kappa shape index (κ2) is 6.09. The van der Waals surface area contributed by atoms with Crippen molar-refractivity contribution in [3.63, 3.8) is 0 Å². The van der Waals surface area contributed by atoms with Crippen LogP contribution >= 0.6 is 0 Å². The first-order valence-electron chi connectivity index (χ1n) is 5.94. The number of rotatable bonds is 5. The van der Waals surface area contributed by atoms with Gasteiger partial charge in [0.15, 0.2) is 5.60 Å². The van der Waals surface area contributed by atoms with E-state index in [1.54, 1.807) is 6.92 Å². The summed E-state index contributed by atoms with van der Waals surface area (Å²) in [5, 5.41) is 10.3. The van der Waals surface area contributed by atoms with E-state index in [0.717, 1.165) is 24.3 Å². The lowest BCUT2D eigenvalue weighted by Crippen LogP contribution is -2.37. The van der Waals surface area contributed by atoms with E-state index in [1.807, 2.05) is 0 Å². The summed E-state index contributed by atoms with van der Waals surface area (Å²) < 4.78 is 42.2. The maximum absolute atomic E-state index is 12.5. The van der Waals surface area contributed by atoms with Crippen molar-refractivity contribution in [3.8, 4) is 0 Å². The van der Waals surface area contributed by atoms with Gasteiger partial charge < -0.3 is 9.84 Å². The molecule has 0 saturated carbocycles. The van der Waals surface area contributed by atoms with Crippen LogP contribution in [0.5, 0.6) is 0 Å². The minimum Gasteiger partial charge on any atom is -0.464 e. The van der Waals surface area contributed by atoms with Crippen molar-refractivity contribution in [2.45, 2.75) is 25.1 Å². The predicted molar refractivity (Wildman–Crippen MR) is 66.8 cm³/mol. The molecule has 3 nitrogen and oxygen atoms in total. The molecule has 0 radical (unpaired) electrons. The topological polar surface area (TPSA) is 46.5 Å². The third-order valence-electron chi connectivity index (χ3n) is 2.74. The lowest BCUT2D eigenvalue weighted by Gasteiger charge is -2.25. The molecular weight excluding hydrogens is 273 g/mol. The third-order valence-corrected chi connectivity index (χ3v) is 2.74. The molecule has 20 heavy (non-hydrogen) atoms. The van der Waals surface area contributed by atoms with Crippen molar-refractivity contribution < 1.29 is 27.8 Å². The van der Waals surface area contributed by atoms with E-state index in [-0.39, 0.29) is 18.6 Å². The first-order valence-corrected chi connectivity index (χ1v) is 5.94. The van der Waals surface area contributed by atoms with E-state index < -0.39 is 23.3 Å². The Hall–Kier alpha value is -1.82. The highest BCUT2D eigenvalue weighted by Gasteiger charge is 2.39. The van der Waals surface area contributed by atoms with Gasteiger partial charge in [0, 0.05) is 6.42 Å². The number of carbonyl (C=O) groups is 1. The molecule has 1 aromatic carbocycles. The van der Waals surface area contributed by atoms with E-state index in [4.69, 9.17) is 4.74 Å². The molecule has 110 valence electrons. The molecule has 0 fully saturated rings. The van der Waals surface area contributed by atoms with Gasteiger partial charge >= 0.3 is 12.1 Å². The maximum Gasteiger partial charge on any atom is 0.416 e. The number of carbonyl (C=O) groups excluding carboxylic acids is 1. The molecular formula is C14H15F3O3. The lowest BCUT2D eigenvalue weighted by atomic mass is 9.90. The summed E-state index contributed by atoms with van der Waals surface area (Å²) in [7, 11) is 0. The maximum atomic E-state index is 12.5. The Labute approximate surface area is 114 Å². The molecule has 1 atom stereocenters. The quantitative estimate of drug-likeness (QED) is 0.669. The highest BCUT2D eigenvalue weighted by atomic mass is 19.4. The SMILES string of the molecule is C=CCC(O)(C(=O)OCC)c1ccc(C(F)(F)F)cc1. The Kier molecular flexibility index (Phi) is 4.94. The number of hydrogen-bond donors (Lipinski definition) is 1. The van der Waals surface area contributed by atoms with Crippen molar-refractivity contribution in [2.24, 2.45) is 0 Å². The van der Waals surface area contributed by atoms with Gasteiger partial charge in [-0.15, -0.1) is 6.58 Å². The van der Waals surface area contributed by atoms with Gasteiger partial charge in [-0.3, -0.25) is 0 Å². The zero-order valence-corrected chi connectivity index (χ0v) is 10.9. The highest BCUT2D eigenvalue weighted by Crippen LogP contribution is 2.32. The highest BCUT2D eigenvalue weighted by molar-refractivity contribution is 5.81. The van der Waals surface area contributed by atoms with Crippen LogP contribution in [-0.2, 0) is 21.3 Å². The Morgan fingerprint density at radius 1 is 1.30 bits per heavy atom. The van der Waals surface area contributed by atoms with Gasteiger partial charge in [0.05, 0.1) is 12.2 Å². The number of ether oxygens (including phenoxy) is 1. The Morgan fingerprint density at radius 3 is 2.20 bits per heavy atom. The average molecular weight is 288 g/mol. The van der Waals surface area contributed by atoms with E-state index in [2.05, 4.69) is 6.58 Å². The fourth-order valence-corrected chi connectivity index (χ4v) is 1.71. The van der Waals surface area contributed by atoms with E-state index in [0.29, 0.717) is 0 Å². The summed E-state index contributed by atoms with van der Waals surface area (Å²) >= 11 is 0. The average Bonchev–Trinajstić information content (AvgIpc) is 2.38. The molecule has 0 aliphatic rings. The number of hydrogen-bond acceptors (Lipinski definition) is 3. The third kappa shape index (κ3) is 3.39. The lowest BCUT2D eigenvalue weighted by molar-refractivity contribution is -0.166. The fraction of sp³-hybridized carbons (Fsp3) is 0.357. The molecule has 0 aliphatic heterocycles. The molecule has 1 aromatic rings. The van der Waals surface area contributed by atoms with Gasteiger partial charge in [-0.2, -0.15) is 13.2 Å². The molecule has 0 aromatic heterocycles. The molecule has 0 aliphatic carbocycles. The molecule has 0 saturated heterocycles. The monoisotopic (exact) mass is 288 g/mol. The second-order valence-corrected chi connectivity index (χ2v) is 4.15. The Bertz CT molecular complexity index is 479. The van der Waals surface area contributed by atoms with Crippen molar-refractivity contribution in [3.05, 3.63) is 48.0 Å². The molecule has 6 heteroatoms. The minimum atomic E-state index is -4.47. The summed E-state index contributed by atoms with van der Waals surface area (Å²) in [6, 6.07) is 3.73. The molecule has 1 N–H and O–H groups in total. The smallest absolute Gasteiger partial charge is 0.416 e. The van der Waals surface area contributed by atoms with Crippen molar-refractivity contribution in [2.75, 3.05) is 6.61 Å². The van der Waals surface area contributed by atoms with E-state index in [1.165, 1.54) is 6.08 Å². The Morgan fingerprint density at radius 2 is 1.80 bits per heavy atom. The normalized spacial score (nSPS) is 14.4. The van der Waals surface area contributed by atoms with Crippen LogP contribution in [0.1, 0.15) is 24.5 Å². The van der Waals surface area contributed by atoms with Crippen LogP contribution in [-0.4, -0.2) is 17.7 Å². The number of aliphatic hydroxyl groups is 1. The predicted octanol–water partition coefficient (Wildman–Crippen LogP) is 3.03.